The summed E-state index contributed by atoms with van der Waals surface area (Å²) in [7, 11) is 1.28. The standard InChI is InChI=1S/C25H21BrClN3O5/c1-33-25(32)28-11-5-10-22-29-20(15-34-22)24(31)35-14-17-7-4-9-21-23(17)19(27)13-30(21)12-16-6-2-3-8-18(16)26/h2-10,13,15H,11-12,14H2,1H3,(H,28,32)/b10-5-. The van der Waals surface area contributed by atoms with Crippen LogP contribution in [0.25, 0.3) is 17.0 Å². The van der Waals surface area contributed by atoms with Crippen LogP contribution in [0.1, 0.15) is 27.5 Å². The molecule has 2 heterocycles. The first-order valence-electron chi connectivity index (χ1n) is 10.6. The van der Waals surface area contributed by atoms with Gasteiger partial charge in [0, 0.05) is 34.7 Å². The Labute approximate surface area is 214 Å². The lowest BCUT2D eigenvalue weighted by molar-refractivity contribution is 0.0467. The van der Waals surface area contributed by atoms with Crippen molar-refractivity contribution in [2.75, 3.05) is 13.7 Å². The number of nitrogens with zero attached hydrogens (tertiary/aromatic N) is 2. The fraction of sp³-hybridized carbons (Fsp3) is 0.160. The average molecular weight is 559 g/mol. The van der Waals surface area contributed by atoms with Crippen LogP contribution in [0.2, 0.25) is 5.02 Å². The Bertz CT molecular complexity index is 1400. The maximum absolute atomic E-state index is 12.5. The van der Waals surface area contributed by atoms with Gasteiger partial charge in [-0.2, -0.15) is 0 Å². The highest BCUT2D eigenvalue weighted by atomic mass is 79.9. The zero-order chi connectivity index (χ0) is 24.8. The van der Waals surface area contributed by atoms with Crippen LogP contribution in [0.5, 0.6) is 0 Å². The number of ether oxygens (including phenoxy) is 2. The van der Waals surface area contributed by atoms with Crippen LogP contribution < -0.4 is 5.32 Å². The van der Waals surface area contributed by atoms with E-state index < -0.39 is 12.1 Å². The Kier molecular flexibility index (Phi) is 7.89. The molecule has 8 nitrogen and oxygen atoms in total. The van der Waals surface area contributed by atoms with E-state index in [0.29, 0.717) is 11.6 Å². The van der Waals surface area contributed by atoms with E-state index in [0.717, 1.165) is 26.5 Å². The van der Waals surface area contributed by atoms with Gasteiger partial charge in [0.15, 0.2) is 5.69 Å². The van der Waals surface area contributed by atoms with Gasteiger partial charge in [-0.05, 0) is 23.8 Å². The summed E-state index contributed by atoms with van der Waals surface area (Å²) in [6.07, 6.45) is 5.68. The van der Waals surface area contributed by atoms with Crippen LogP contribution in [0.15, 0.2) is 69.9 Å². The second kappa shape index (κ2) is 11.2. The maximum atomic E-state index is 12.5. The minimum atomic E-state index is -0.623. The number of carbonyl (C=O) groups is 2. The van der Waals surface area contributed by atoms with Crippen LogP contribution in [0.4, 0.5) is 4.79 Å². The van der Waals surface area contributed by atoms with Crippen molar-refractivity contribution in [2.45, 2.75) is 13.2 Å². The van der Waals surface area contributed by atoms with Crippen molar-refractivity contribution in [1.82, 2.24) is 14.9 Å². The number of halogens is 2. The van der Waals surface area contributed by atoms with Crippen LogP contribution in [-0.2, 0) is 22.6 Å². The number of esters is 1. The van der Waals surface area contributed by atoms with Gasteiger partial charge in [-0.3, -0.25) is 0 Å². The minimum Gasteiger partial charge on any atom is -0.456 e. The van der Waals surface area contributed by atoms with Crippen molar-refractivity contribution in [1.29, 1.82) is 0 Å². The van der Waals surface area contributed by atoms with Crippen molar-refractivity contribution < 1.29 is 23.5 Å². The number of alkyl carbamates (subject to hydrolysis) is 1. The molecule has 1 amide bonds. The molecule has 180 valence electrons. The highest BCUT2D eigenvalue weighted by Gasteiger charge is 2.16. The second-order valence-electron chi connectivity index (χ2n) is 7.43. The summed E-state index contributed by atoms with van der Waals surface area (Å²) in [6.45, 7) is 0.884. The molecule has 0 radical (unpaired) electrons. The number of amides is 1. The Morgan fingerprint density at radius 2 is 2.00 bits per heavy atom. The zero-order valence-corrected chi connectivity index (χ0v) is 21.0. The van der Waals surface area contributed by atoms with Crippen molar-refractivity contribution in [3.05, 3.63) is 93.2 Å². The number of methoxy groups -OCH3 is 1. The molecule has 2 aromatic carbocycles. The summed E-state index contributed by atoms with van der Waals surface area (Å²) in [5.41, 5.74) is 2.88. The van der Waals surface area contributed by atoms with Crippen LogP contribution in [-0.4, -0.2) is 35.3 Å². The smallest absolute Gasteiger partial charge is 0.407 e. The number of nitrogens with one attached hydrogen (secondary N) is 1. The molecule has 0 aliphatic carbocycles. The molecule has 4 rings (SSSR count). The summed E-state index contributed by atoms with van der Waals surface area (Å²) < 4.78 is 18.3. The maximum Gasteiger partial charge on any atom is 0.407 e. The lowest BCUT2D eigenvalue weighted by Crippen LogP contribution is -2.22. The molecule has 0 unspecified atom stereocenters. The van der Waals surface area contributed by atoms with Gasteiger partial charge in [0.05, 0.1) is 17.6 Å². The van der Waals surface area contributed by atoms with E-state index in [9.17, 15) is 9.59 Å². The molecular weight excluding hydrogens is 538 g/mol. The largest absolute Gasteiger partial charge is 0.456 e. The molecule has 4 aromatic rings. The van der Waals surface area contributed by atoms with Crippen molar-refractivity contribution in [2.24, 2.45) is 0 Å². The summed E-state index contributed by atoms with van der Waals surface area (Å²) in [5.74, 6) is -0.417. The van der Waals surface area contributed by atoms with Crippen molar-refractivity contribution >= 4 is 56.6 Å². The quantitative estimate of drug-likeness (QED) is 0.274. The molecule has 0 bridgehead atoms. The SMILES string of the molecule is COC(=O)NC/C=C\c1nc(C(=O)OCc2cccc3c2c(Cl)cn3Cc2ccccc2Br)co1. The number of oxazole rings is 1. The van der Waals surface area contributed by atoms with Gasteiger partial charge in [0.2, 0.25) is 5.89 Å². The highest BCUT2D eigenvalue weighted by molar-refractivity contribution is 9.10. The average Bonchev–Trinajstić information content (AvgIpc) is 3.46. The van der Waals surface area contributed by atoms with E-state index in [2.05, 4.69) is 35.5 Å². The fourth-order valence-corrected chi connectivity index (χ4v) is 4.23. The molecule has 0 fully saturated rings. The number of rotatable bonds is 8. The number of hydrogen-bond donors (Lipinski definition) is 1. The van der Waals surface area contributed by atoms with Gasteiger partial charge in [-0.25, -0.2) is 14.6 Å². The minimum absolute atomic E-state index is 0.0238. The van der Waals surface area contributed by atoms with Gasteiger partial charge >= 0.3 is 12.1 Å². The molecule has 35 heavy (non-hydrogen) atoms. The van der Waals surface area contributed by atoms with Gasteiger partial charge < -0.3 is 23.8 Å². The molecule has 1 N–H and O–H groups in total. The molecule has 0 spiro atoms. The fourth-order valence-electron chi connectivity index (χ4n) is 3.48. The van der Waals surface area contributed by atoms with Crippen LogP contribution >= 0.6 is 27.5 Å². The van der Waals surface area contributed by atoms with Gasteiger partial charge in [0.1, 0.15) is 12.9 Å². The second-order valence-corrected chi connectivity index (χ2v) is 8.69. The third kappa shape index (κ3) is 5.93. The molecule has 2 aromatic heterocycles. The van der Waals surface area contributed by atoms with E-state index in [-0.39, 0.29) is 24.7 Å². The van der Waals surface area contributed by atoms with E-state index in [1.807, 2.05) is 48.7 Å². The molecule has 0 atom stereocenters. The predicted molar refractivity (Wildman–Crippen MR) is 135 cm³/mol. The number of aromatic nitrogens is 2. The van der Waals surface area contributed by atoms with Crippen LogP contribution in [0.3, 0.4) is 0 Å². The number of hydrogen-bond acceptors (Lipinski definition) is 6. The van der Waals surface area contributed by atoms with Crippen LogP contribution in [0, 0.1) is 0 Å². The number of benzene rings is 2. The first-order chi connectivity index (χ1) is 17.0. The number of carbonyl (C=O) groups excluding carboxylic acids is 2. The molecular formula is C25H21BrClN3O5. The van der Waals surface area contributed by atoms with Gasteiger partial charge in [-0.15, -0.1) is 0 Å². The summed E-state index contributed by atoms with van der Waals surface area (Å²) in [4.78, 5) is 27.6. The van der Waals surface area contributed by atoms with E-state index in [1.165, 1.54) is 19.4 Å². The first kappa shape index (κ1) is 24.6. The lowest BCUT2D eigenvalue weighted by atomic mass is 10.1. The van der Waals surface area contributed by atoms with E-state index in [1.54, 1.807) is 6.08 Å². The molecule has 0 saturated carbocycles. The normalized spacial score (nSPS) is 11.2. The summed E-state index contributed by atoms with van der Waals surface area (Å²) >= 11 is 10.2. The van der Waals surface area contributed by atoms with Crippen molar-refractivity contribution in [3.8, 4) is 0 Å². The lowest BCUT2D eigenvalue weighted by Gasteiger charge is -2.09. The third-order valence-corrected chi connectivity index (χ3v) is 6.20. The monoisotopic (exact) mass is 557 g/mol. The van der Waals surface area contributed by atoms with Gasteiger partial charge in [0.25, 0.3) is 0 Å². The Hall–Kier alpha value is -3.56. The topological polar surface area (TPSA) is 95.6 Å². The van der Waals surface area contributed by atoms with Gasteiger partial charge in [-0.1, -0.05) is 63.9 Å². The molecule has 0 aliphatic rings. The summed E-state index contributed by atoms with van der Waals surface area (Å²) in [6, 6.07) is 13.8. The first-order valence-corrected chi connectivity index (χ1v) is 11.7. The molecule has 10 heteroatoms. The van der Waals surface area contributed by atoms with E-state index in [4.69, 9.17) is 20.8 Å². The Morgan fingerprint density at radius 3 is 2.80 bits per heavy atom. The highest BCUT2D eigenvalue weighted by Crippen LogP contribution is 2.31. The third-order valence-electron chi connectivity index (χ3n) is 5.14. The summed E-state index contributed by atoms with van der Waals surface area (Å²) in [5, 5.41) is 3.89. The predicted octanol–water partition coefficient (Wildman–Crippen LogP) is 5.82. The zero-order valence-electron chi connectivity index (χ0n) is 18.7. The Morgan fingerprint density at radius 1 is 1.20 bits per heavy atom. The van der Waals surface area contributed by atoms with E-state index >= 15 is 0 Å². The van der Waals surface area contributed by atoms with Crippen molar-refractivity contribution in [3.63, 3.8) is 0 Å². The Balaban J connectivity index is 1.43. The molecule has 0 aliphatic heterocycles. The number of fused-ring (bicyclic) bond motifs is 1. The molecule has 0 saturated heterocycles.